The van der Waals surface area contributed by atoms with E-state index >= 15 is 0 Å². The number of alkyl halides is 1. The van der Waals surface area contributed by atoms with Crippen molar-refractivity contribution < 1.29 is 19.4 Å². The number of fused-ring (bicyclic) bond motifs is 1. The van der Waals surface area contributed by atoms with Gasteiger partial charge in [-0.25, -0.2) is 9.78 Å². The Morgan fingerprint density at radius 3 is 2.95 bits per heavy atom. The fraction of sp³-hybridized carbons (Fsp3) is 0.125. The van der Waals surface area contributed by atoms with E-state index in [-0.39, 0.29) is 11.5 Å². The van der Waals surface area contributed by atoms with Crippen molar-refractivity contribution >= 4 is 23.6 Å². The number of hydrogen-bond acceptors (Lipinski definition) is 5. The third-order valence-electron chi connectivity index (χ3n) is 3.11. The second-order valence-corrected chi connectivity index (χ2v) is 4.90. The van der Waals surface area contributed by atoms with Crippen molar-refractivity contribution in [3.63, 3.8) is 0 Å². The molecule has 1 aliphatic heterocycles. The van der Waals surface area contributed by atoms with Crippen molar-refractivity contribution in [2.75, 3.05) is 0 Å². The van der Waals surface area contributed by atoms with Crippen LogP contribution in [0.25, 0.3) is 6.08 Å². The molecule has 2 aromatic rings. The maximum atomic E-state index is 12.1. The third-order valence-corrected chi connectivity index (χ3v) is 3.42. The molecule has 1 unspecified atom stereocenters. The number of esters is 1. The van der Waals surface area contributed by atoms with E-state index < -0.39 is 12.3 Å². The molecular weight excluding hydrogens is 306 g/mol. The SMILES string of the molecule is O=C(Oc1ccccn1)C1=Cc2cc(CCl)ccc2OC1O. The summed E-state index contributed by atoms with van der Waals surface area (Å²) in [5.41, 5.74) is 1.55. The Hall–Kier alpha value is -2.37. The van der Waals surface area contributed by atoms with Crippen LogP contribution in [-0.2, 0) is 10.7 Å². The minimum Gasteiger partial charge on any atom is -0.460 e. The van der Waals surface area contributed by atoms with Crippen LogP contribution < -0.4 is 9.47 Å². The largest absolute Gasteiger partial charge is 0.460 e. The zero-order valence-electron chi connectivity index (χ0n) is 11.4. The maximum absolute atomic E-state index is 12.1. The Labute approximate surface area is 131 Å². The molecule has 3 rings (SSSR count). The minimum absolute atomic E-state index is 0.00451. The van der Waals surface area contributed by atoms with Gasteiger partial charge in [-0.2, -0.15) is 0 Å². The lowest BCUT2D eigenvalue weighted by Crippen LogP contribution is -2.29. The van der Waals surface area contributed by atoms with Crippen LogP contribution in [0.2, 0.25) is 0 Å². The van der Waals surface area contributed by atoms with Crippen LogP contribution in [0.3, 0.4) is 0 Å². The standard InChI is InChI=1S/C16H12ClNO4/c17-9-10-4-5-13-11(7-10)8-12(15(19)21-13)16(20)22-14-3-1-2-6-18-14/h1-8,15,19H,9H2. The Kier molecular flexibility index (Phi) is 4.09. The molecule has 0 fully saturated rings. The second-order valence-electron chi connectivity index (χ2n) is 4.63. The summed E-state index contributed by atoms with van der Waals surface area (Å²) in [5, 5.41) is 9.95. The number of aliphatic hydroxyl groups excluding tert-OH is 1. The molecule has 1 atom stereocenters. The summed E-state index contributed by atoms with van der Waals surface area (Å²) in [7, 11) is 0. The summed E-state index contributed by atoms with van der Waals surface area (Å²) >= 11 is 5.79. The molecule has 1 N–H and O–H groups in total. The number of carbonyl (C=O) groups excluding carboxylic acids is 1. The van der Waals surface area contributed by atoms with Gasteiger partial charge in [0.25, 0.3) is 0 Å². The first kappa shape index (κ1) is 14.6. The monoisotopic (exact) mass is 317 g/mol. The zero-order valence-corrected chi connectivity index (χ0v) is 12.2. The van der Waals surface area contributed by atoms with Crippen molar-refractivity contribution in [1.29, 1.82) is 0 Å². The smallest absolute Gasteiger partial charge is 0.347 e. The van der Waals surface area contributed by atoms with Crippen LogP contribution in [0.5, 0.6) is 11.6 Å². The van der Waals surface area contributed by atoms with E-state index in [2.05, 4.69) is 4.98 Å². The molecule has 0 saturated heterocycles. The van der Waals surface area contributed by atoms with Gasteiger partial charge in [0.15, 0.2) is 0 Å². The van der Waals surface area contributed by atoms with Crippen LogP contribution in [0, 0.1) is 0 Å². The van der Waals surface area contributed by atoms with Crippen LogP contribution >= 0.6 is 11.6 Å². The molecule has 0 spiro atoms. The van der Waals surface area contributed by atoms with Crippen molar-refractivity contribution in [2.45, 2.75) is 12.2 Å². The van der Waals surface area contributed by atoms with Gasteiger partial charge in [-0.15, -0.1) is 11.6 Å². The molecule has 1 aromatic carbocycles. The lowest BCUT2D eigenvalue weighted by Gasteiger charge is -2.22. The number of rotatable bonds is 3. The normalized spacial score (nSPS) is 16.3. The van der Waals surface area contributed by atoms with Gasteiger partial charge in [0.2, 0.25) is 12.2 Å². The van der Waals surface area contributed by atoms with Crippen molar-refractivity contribution in [3.05, 3.63) is 59.3 Å². The molecule has 0 bridgehead atoms. The number of pyridine rings is 1. The predicted octanol–water partition coefficient (Wildman–Crippen LogP) is 2.52. The summed E-state index contributed by atoms with van der Waals surface area (Å²) in [6.07, 6.45) is 1.66. The molecule has 0 saturated carbocycles. The van der Waals surface area contributed by atoms with Gasteiger partial charge in [0.1, 0.15) is 11.3 Å². The average molecular weight is 318 g/mol. The fourth-order valence-corrected chi connectivity index (χ4v) is 2.21. The second kappa shape index (κ2) is 6.17. The van der Waals surface area contributed by atoms with Gasteiger partial charge in [0.05, 0.1) is 0 Å². The Morgan fingerprint density at radius 1 is 1.36 bits per heavy atom. The van der Waals surface area contributed by atoms with E-state index in [1.807, 2.05) is 0 Å². The molecular formula is C16H12ClNO4. The molecule has 22 heavy (non-hydrogen) atoms. The molecule has 1 aromatic heterocycles. The number of hydrogen-bond donors (Lipinski definition) is 1. The summed E-state index contributed by atoms with van der Waals surface area (Å²) < 4.78 is 10.4. The Bertz CT molecular complexity index is 730. The van der Waals surface area contributed by atoms with Gasteiger partial charge in [-0.3, -0.25) is 0 Å². The first-order chi connectivity index (χ1) is 10.7. The van der Waals surface area contributed by atoms with E-state index in [1.165, 1.54) is 12.3 Å². The fourth-order valence-electron chi connectivity index (χ4n) is 2.04. The molecule has 2 heterocycles. The van der Waals surface area contributed by atoms with Gasteiger partial charge < -0.3 is 14.6 Å². The molecule has 0 aliphatic carbocycles. The van der Waals surface area contributed by atoms with Crippen LogP contribution in [0.15, 0.2) is 48.2 Å². The number of nitrogens with zero attached hydrogens (tertiary/aromatic N) is 1. The van der Waals surface area contributed by atoms with Crippen LogP contribution in [-0.4, -0.2) is 22.3 Å². The van der Waals surface area contributed by atoms with Gasteiger partial charge >= 0.3 is 5.97 Å². The van der Waals surface area contributed by atoms with E-state index in [0.717, 1.165) is 5.56 Å². The van der Waals surface area contributed by atoms with E-state index in [0.29, 0.717) is 17.2 Å². The molecule has 6 heteroatoms. The quantitative estimate of drug-likeness (QED) is 0.696. The third kappa shape index (κ3) is 2.95. The molecule has 1 aliphatic rings. The highest BCUT2D eigenvalue weighted by molar-refractivity contribution is 6.17. The van der Waals surface area contributed by atoms with Crippen molar-refractivity contribution in [1.82, 2.24) is 4.98 Å². The summed E-state index contributed by atoms with van der Waals surface area (Å²) in [6.45, 7) is 0. The van der Waals surface area contributed by atoms with E-state index in [9.17, 15) is 9.90 Å². The highest BCUT2D eigenvalue weighted by Crippen LogP contribution is 2.30. The number of carbonyl (C=O) groups is 1. The average Bonchev–Trinajstić information content (AvgIpc) is 2.54. The predicted molar refractivity (Wildman–Crippen MR) is 80.5 cm³/mol. The molecule has 112 valence electrons. The van der Waals surface area contributed by atoms with E-state index in [1.54, 1.807) is 36.4 Å². The molecule has 0 radical (unpaired) electrons. The first-order valence-electron chi connectivity index (χ1n) is 6.56. The summed E-state index contributed by atoms with van der Waals surface area (Å²) in [6, 6.07) is 10.2. The number of benzene rings is 1. The zero-order chi connectivity index (χ0) is 15.5. The molecule has 0 amide bonds. The van der Waals surface area contributed by atoms with Gasteiger partial charge in [0, 0.05) is 23.7 Å². The van der Waals surface area contributed by atoms with E-state index in [4.69, 9.17) is 21.1 Å². The highest BCUT2D eigenvalue weighted by Gasteiger charge is 2.27. The van der Waals surface area contributed by atoms with Crippen molar-refractivity contribution in [2.24, 2.45) is 0 Å². The highest BCUT2D eigenvalue weighted by atomic mass is 35.5. The maximum Gasteiger partial charge on any atom is 0.347 e. The van der Waals surface area contributed by atoms with Gasteiger partial charge in [-0.05, 0) is 29.8 Å². The first-order valence-corrected chi connectivity index (χ1v) is 7.09. The summed E-state index contributed by atoms with van der Waals surface area (Å²) in [4.78, 5) is 16.0. The number of aromatic nitrogens is 1. The topological polar surface area (TPSA) is 68.7 Å². The Balaban J connectivity index is 1.88. The lowest BCUT2D eigenvalue weighted by atomic mass is 10.0. The minimum atomic E-state index is -1.38. The number of aliphatic hydroxyl groups is 1. The Morgan fingerprint density at radius 2 is 2.23 bits per heavy atom. The molecule has 5 nitrogen and oxygen atoms in total. The van der Waals surface area contributed by atoms with Crippen molar-refractivity contribution in [3.8, 4) is 11.6 Å². The number of halogens is 1. The number of ether oxygens (including phenoxy) is 2. The van der Waals surface area contributed by atoms with Crippen LogP contribution in [0.4, 0.5) is 0 Å². The lowest BCUT2D eigenvalue weighted by molar-refractivity contribution is -0.133. The van der Waals surface area contributed by atoms with Crippen LogP contribution in [0.1, 0.15) is 11.1 Å². The van der Waals surface area contributed by atoms with Gasteiger partial charge in [-0.1, -0.05) is 12.1 Å². The summed E-state index contributed by atoms with van der Waals surface area (Å²) in [5.74, 6) is 0.266.